The Hall–Kier alpha value is -4.79. The van der Waals surface area contributed by atoms with Crippen LogP contribution < -0.4 is 10.6 Å². The number of amidine groups is 1. The summed E-state index contributed by atoms with van der Waals surface area (Å²) in [6.07, 6.45) is -1.33. The molecular weight excluding hydrogens is 805 g/mol. The molecule has 0 fully saturated rings. The van der Waals surface area contributed by atoms with E-state index in [1.807, 2.05) is 0 Å². The van der Waals surface area contributed by atoms with Gasteiger partial charge in [-0.05, 0) is 18.7 Å². The number of hydrogen-bond acceptors (Lipinski definition) is 18. The van der Waals surface area contributed by atoms with Gasteiger partial charge in [0.25, 0.3) is 10.1 Å². The number of azo groups is 1. The van der Waals surface area contributed by atoms with Crippen LogP contribution in [0.15, 0.2) is 97.8 Å². The fourth-order valence-electron chi connectivity index (χ4n) is 3.71. The number of nitrogens with one attached hydrogen (secondary N) is 2. The maximum atomic E-state index is 14.2. The Morgan fingerprint density at radius 2 is 1.79 bits per heavy atom. The zero-order chi connectivity index (χ0) is 37.0. The van der Waals surface area contributed by atoms with Crippen LogP contribution in [-0.2, 0) is 51.3 Å². The van der Waals surface area contributed by atoms with Crippen LogP contribution in [0.2, 0.25) is 0 Å². The molecule has 0 saturated carbocycles. The summed E-state index contributed by atoms with van der Waals surface area (Å²) in [6.45, 7) is 3.89. The fraction of sp³-hybridized carbons (Fsp3) is 0.0741. The summed E-state index contributed by atoms with van der Waals surface area (Å²) in [5.74, 6) is -2.36. The van der Waals surface area contributed by atoms with Crippen molar-refractivity contribution in [2.45, 2.75) is 9.79 Å². The Morgan fingerprint density at radius 1 is 1.06 bits per heavy atom. The zero-order valence-corrected chi connectivity index (χ0v) is 29.1. The molecule has 1 heterocycles. The molecule has 52 heavy (non-hydrogen) atoms. The average molecular weight is 829 g/mol. The molecule has 0 atom stereocenters. The molecule has 0 aliphatic rings. The third-order valence-corrected chi connectivity index (χ3v) is 8.71. The van der Waals surface area contributed by atoms with Crippen LogP contribution in [0, 0.1) is 12.7 Å². The van der Waals surface area contributed by atoms with Crippen LogP contribution in [0.4, 0.5) is 33.3 Å². The van der Waals surface area contributed by atoms with Gasteiger partial charge in [-0.1, -0.05) is 41.9 Å². The first kappa shape index (κ1) is 41.6. The first-order chi connectivity index (χ1) is 24.3. The summed E-state index contributed by atoms with van der Waals surface area (Å²) in [7, 11) is -8.54. The second-order valence-corrected chi connectivity index (χ2v) is 13.7. The number of phenolic OH excluding ortho intramolecular Hbond substituents is 1. The van der Waals surface area contributed by atoms with E-state index in [2.05, 4.69) is 67.2 Å². The summed E-state index contributed by atoms with van der Waals surface area (Å²) in [6, 6.07) is 14.0. The van der Waals surface area contributed by atoms with Gasteiger partial charge in [-0.3, -0.25) is 14.7 Å². The SMILES string of the molecule is C=CS(=O)(=O)CCNc1nc(F)nc(Nc2cc(S(=O)(=O)O)cc(N=N/C(=N\[N-]c3cc(SOOO)ccc3[CH-]OO)c3ccccc3)c2O)n1.[Cu+2]. The molecule has 0 spiro atoms. The second-order valence-electron chi connectivity index (χ2n) is 9.41. The number of aromatic hydroxyl groups is 1. The molecule has 6 N–H and O–H groups in total. The van der Waals surface area contributed by atoms with Crippen molar-refractivity contribution >= 4 is 66.8 Å². The van der Waals surface area contributed by atoms with Gasteiger partial charge >= 0.3 is 23.1 Å². The topological polar surface area (TPSA) is 291 Å². The predicted octanol–water partition coefficient (Wildman–Crippen LogP) is 5.25. The Kier molecular flexibility index (Phi) is 15.3. The largest absolute Gasteiger partial charge is 2.00 e. The van der Waals surface area contributed by atoms with E-state index in [0.717, 1.165) is 24.1 Å². The van der Waals surface area contributed by atoms with Crippen molar-refractivity contribution in [3.05, 3.63) is 102 Å². The van der Waals surface area contributed by atoms with Gasteiger partial charge in [-0.15, -0.1) is 26.7 Å². The number of nitrogens with zero attached hydrogens (tertiary/aromatic N) is 7. The number of anilines is 3. The van der Waals surface area contributed by atoms with Gasteiger partial charge in [0.2, 0.25) is 11.9 Å². The van der Waals surface area contributed by atoms with Gasteiger partial charge in [0.1, 0.15) is 5.69 Å². The van der Waals surface area contributed by atoms with Gasteiger partial charge in [0.15, 0.2) is 21.4 Å². The maximum absolute atomic E-state index is 14.2. The quantitative estimate of drug-likeness (QED) is 0.00756. The van der Waals surface area contributed by atoms with Crippen LogP contribution in [0.25, 0.3) is 5.43 Å². The molecule has 0 unspecified atom stereocenters. The Morgan fingerprint density at radius 3 is 2.46 bits per heavy atom. The smallest absolute Gasteiger partial charge is 0.631 e. The molecule has 0 aliphatic heterocycles. The van der Waals surface area contributed by atoms with Gasteiger partial charge in [0.05, 0.1) is 28.4 Å². The van der Waals surface area contributed by atoms with Crippen molar-refractivity contribution < 1.29 is 72.7 Å². The minimum absolute atomic E-state index is 0. The molecule has 0 amide bonds. The molecule has 0 aliphatic carbocycles. The van der Waals surface area contributed by atoms with Crippen LogP contribution >= 0.6 is 12.0 Å². The van der Waals surface area contributed by atoms with Crippen LogP contribution in [0.5, 0.6) is 5.75 Å². The van der Waals surface area contributed by atoms with E-state index in [9.17, 15) is 30.9 Å². The zero-order valence-electron chi connectivity index (χ0n) is 25.7. The number of phenols is 1. The van der Waals surface area contributed by atoms with Crippen LogP contribution in [0.1, 0.15) is 11.1 Å². The third-order valence-electron chi connectivity index (χ3n) is 6.02. The monoisotopic (exact) mass is 828 g/mol. The van der Waals surface area contributed by atoms with E-state index in [-0.39, 0.29) is 40.7 Å². The van der Waals surface area contributed by atoms with E-state index in [4.69, 9.17) is 10.5 Å². The van der Waals surface area contributed by atoms with Crippen LogP contribution in [-0.4, -0.2) is 70.1 Å². The van der Waals surface area contributed by atoms with Crippen molar-refractivity contribution in [1.82, 2.24) is 15.0 Å². The molecule has 279 valence electrons. The molecule has 0 bridgehead atoms. The number of hydrogen-bond donors (Lipinski definition) is 6. The van der Waals surface area contributed by atoms with Crippen molar-refractivity contribution in [3.8, 4) is 5.75 Å². The van der Waals surface area contributed by atoms with Crippen molar-refractivity contribution in [2.24, 2.45) is 15.3 Å². The summed E-state index contributed by atoms with van der Waals surface area (Å²) in [5.41, 5.74) is 3.74. The number of sulfone groups is 1. The van der Waals surface area contributed by atoms with E-state index in [0.29, 0.717) is 22.5 Å². The summed E-state index contributed by atoms with van der Waals surface area (Å²) in [5, 5.41) is 49.7. The molecule has 4 aromatic rings. The van der Waals surface area contributed by atoms with Crippen molar-refractivity contribution in [2.75, 3.05) is 22.9 Å². The minimum atomic E-state index is -4.94. The molecule has 0 saturated heterocycles. The van der Waals surface area contributed by atoms with Gasteiger partial charge in [0, 0.05) is 22.4 Å². The van der Waals surface area contributed by atoms with E-state index in [1.54, 1.807) is 30.3 Å². The molecule has 25 heteroatoms. The normalized spacial score (nSPS) is 11.9. The first-order valence-electron chi connectivity index (χ1n) is 13.6. The van der Waals surface area contributed by atoms with Gasteiger partial charge in [-0.25, -0.2) is 19.4 Å². The Balaban J connectivity index is 0.00000729. The van der Waals surface area contributed by atoms with E-state index < -0.39 is 65.7 Å². The number of halogens is 1. The van der Waals surface area contributed by atoms with Crippen LogP contribution in [0.3, 0.4) is 0 Å². The van der Waals surface area contributed by atoms with Crippen molar-refractivity contribution in [3.63, 3.8) is 0 Å². The van der Waals surface area contributed by atoms with Gasteiger partial charge in [-0.2, -0.15) is 39.4 Å². The van der Waals surface area contributed by atoms with E-state index >= 15 is 0 Å². The molecule has 4 rings (SSSR count). The number of rotatable bonds is 17. The number of benzene rings is 3. The first-order valence-corrected chi connectivity index (χ1v) is 17.5. The summed E-state index contributed by atoms with van der Waals surface area (Å²) >= 11 is 0.608. The summed E-state index contributed by atoms with van der Waals surface area (Å²) < 4.78 is 76.0. The van der Waals surface area contributed by atoms with Crippen molar-refractivity contribution in [1.29, 1.82) is 0 Å². The second kappa shape index (κ2) is 19.2. The average Bonchev–Trinajstić information content (AvgIpc) is 3.09. The summed E-state index contributed by atoms with van der Waals surface area (Å²) in [4.78, 5) is 14.4. The predicted molar refractivity (Wildman–Crippen MR) is 178 cm³/mol. The fourth-order valence-corrected chi connectivity index (χ4v) is 5.18. The third kappa shape index (κ3) is 12.2. The number of aromatic nitrogens is 3. The Bertz CT molecular complexity index is 2150. The molecule has 1 radical (unpaired) electrons. The standard InChI is InChI=1S/C27H24FN9O11S3.Cu/c1-2-50(41,42)11-10-29-26-31-25(28)32-27(33-26)30-21-13-19(51(43,44)45)14-22(23(21)38)35-37-24(16-6-4-3-5-7-16)36-34-20-12-18(49-48-47-40)9-8-17(20)15-46-39;/h2-9,12-15H,1,10-11H2,(H6-,29,30,31,32,33,34,35,36,37,38,39,40,43,44,45);/q-2;+2. The minimum Gasteiger partial charge on any atom is -0.631 e. The maximum Gasteiger partial charge on any atom is 2.00 e. The molecule has 1 aromatic heterocycles. The molecule has 20 nitrogen and oxygen atoms in total. The molecular formula is C27H24CuFN9O11S3. The Labute approximate surface area is 309 Å². The molecule has 3 aromatic carbocycles. The van der Waals surface area contributed by atoms with Gasteiger partial charge < -0.3 is 26.3 Å². The van der Waals surface area contributed by atoms with E-state index in [1.165, 1.54) is 18.2 Å².